The minimum Gasteiger partial charge on any atom is -0.346 e. The molecule has 0 aromatic heterocycles. The number of hydrogen-bond donors (Lipinski definition) is 2. The van der Waals surface area contributed by atoms with Gasteiger partial charge >= 0.3 is 0 Å². The van der Waals surface area contributed by atoms with Crippen LogP contribution in [0, 0.1) is 0 Å². The Kier molecular flexibility index (Phi) is 6.68. The maximum Gasteiger partial charge on any atom is 0.259 e. The Balaban J connectivity index is 1.36. The molecule has 0 aliphatic heterocycles. The van der Waals surface area contributed by atoms with Crippen LogP contribution in [-0.2, 0) is 9.59 Å². The summed E-state index contributed by atoms with van der Waals surface area (Å²) in [6, 6.07) is 33.0. The zero-order chi connectivity index (χ0) is 22.2. The third-order valence-corrected chi connectivity index (χ3v) is 5.13. The molecular weight excluding hydrogens is 398 g/mol. The van der Waals surface area contributed by atoms with Crippen molar-refractivity contribution in [3.63, 3.8) is 0 Å². The molecule has 0 heterocycles. The number of rotatable bonds is 7. The molecule has 2 amide bonds. The van der Waals surface area contributed by atoms with Crippen molar-refractivity contribution < 1.29 is 9.59 Å². The maximum atomic E-state index is 12.9. The SMILES string of the molecule is O=C(CNC(=O)C(c1ccccc1)c1ccccc1)N/N=C\c1ccc2ccccc2c1. The lowest BCUT2D eigenvalue weighted by molar-refractivity contribution is -0.126. The summed E-state index contributed by atoms with van der Waals surface area (Å²) >= 11 is 0. The van der Waals surface area contributed by atoms with Gasteiger partial charge in [0.05, 0.1) is 18.7 Å². The van der Waals surface area contributed by atoms with Crippen molar-refractivity contribution in [2.75, 3.05) is 6.54 Å². The van der Waals surface area contributed by atoms with Crippen LogP contribution in [0.15, 0.2) is 108 Å². The van der Waals surface area contributed by atoms with Gasteiger partial charge in [0.2, 0.25) is 5.91 Å². The summed E-state index contributed by atoms with van der Waals surface area (Å²) in [5, 5.41) is 8.98. The van der Waals surface area contributed by atoms with Crippen LogP contribution < -0.4 is 10.7 Å². The van der Waals surface area contributed by atoms with Crippen molar-refractivity contribution in [3.8, 4) is 0 Å². The Hall–Kier alpha value is -4.25. The lowest BCUT2D eigenvalue weighted by Gasteiger charge is -2.17. The van der Waals surface area contributed by atoms with E-state index in [9.17, 15) is 9.59 Å². The van der Waals surface area contributed by atoms with E-state index in [0.717, 1.165) is 27.5 Å². The van der Waals surface area contributed by atoms with Gasteiger partial charge in [0.1, 0.15) is 0 Å². The Morgan fingerprint density at radius 1 is 0.750 bits per heavy atom. The zero-order valence-corrected chi connectivity index (χ0v) is 17.4. The summed E-state index contributed by atoms with van der Waals surface area (Å²) in [5.74, 6) is -1.13. The molecule has 32 heavy (non-hydrogen) atoms. The Morgan fingerprint density at radius 3 is 2.00 bits per heavy atom. The molecule has 4 aromatic carbocycles. The quantitative estimate of drug-likeness (QED) is 0.346. The van der Waals surface area contributed by atoms with Gasteiger partial charge in [0.15, 0.2) is 0 Å². The highest BCUT2D eigenvalue weighted by molar-refractivity contribution is 5.92. The van der Waals surface area contributed by atoms with Crippen LogP contribution in [0.5, 0.6) is 0 Å². The molecule has 0 atom stereocenters. The average molecular weight is 422 g/mol. The first-order valence-electron chi connectivity index (χ1n) is 10.4. The number of carbonyl (C=O) groups excluding carboxylic acids is 2. The van der Waals surface area contributed by atoms with Crippen LogP contribution >= 0.6 is 0 Å². The van der Waals surface area contributed by atoms with Gasteiger partial charge in [-0.15, -0.1) is 0 Å². The van der Waals surface area contributed by atoms with Crippen molar-refractivity contribution in [1.82, 2.24) is 10.7 Å². The van der Waals surface area contributed by atoms with Crippen LogP contribution in [0.2, 0.25) is 0 Å². The smallest absolute Gasteiger partial charge is 0.259 e. The highest BCUT2D eigenvalue weighted by Gasteiger charge is 2.22. The maximum absolute atomic E-state index is 12.9. The van der Waals surface area contributed by atoms with E-state index in [4.69, 9.17) is 0 Å². The predicted octanol–water partition coefficient (Wildman–Crippen LogP) is 4.24. The predicted molar refractivity (Wildman–Crippen MR) is 127 cm³/mol. The molecule has 0 saturated carbocycles. The van der Waals surface area contributed by atoms with Crippen molar-refractivity contribution in [2.24, 2.45) is 5.10 Å². The van der Waals surface area contributed by atoms with Crippen molar-refractivity contribution >= 4 is 28.8 Å². The Bertz CT molecular complexity index is 1200. The molecule has 0 unspecified atom stereocenters. The van der Waals surface area contributed by atoms with Crippen molar-refractivity contribution in [1.29, 1.82) is 0 Å². The zero-order valence-electron chi connectivity index (χ0n) is 17.4. The second-order valence-corrected chi connectivity index (χ2v) is 7.37. The average Bonchev–Trinajstić information content (AvgIpc) is 2.84. The third kappa shape index (κ3) is 5.26. The molecule has 0 aliphatic rings. The highest BCUT2D eigenvalue weighted by atomic mass is 16.2. The fourth-order valence-electron chi connectivity index (χ4n) is 3.56. The molecule has 158 valence electrons. The largest absolute Gasteiger partial charge is 0.346 e. The molecule has 5 nitrogen and oxygen atoms in total. The van der Waals surface area contributed by atoms with Gasteiger partial charge in [0, 0.05) is 0 Å². The van der Waals surface area contributed by atoms with Crippen molar-refractivity contribution in [2.45, 2.75) is 5.92 Å². The van der Waals surface area contributed by atoms with Gasteiger partial charge in [-0.1, -0.05) is 97.1 Å². The van der Waals surface area contributed by atoms with Gasteiger partial charge < -0.3 is 5.32 Å². The number of carbonyl (C=O) groups is 2. The molecule has 2 N–H and O–H groups in total. The van der Waals surface area contributed by atoms with Gasteiger partial charge in [-0.05, 0) is 33.5 Å². The highest BCUT2D eigenvalue weighted by Crippen LogP contribution is 2.24. The van der Waals surface area contributed by atoms with Crippen LogP contribution in [0.4, 0.5) is 0 Å². The third-order valence-electron chi connectivity index (χ3n) is 5.13. The first-order chi connectivity index (χ1) is 15.7. The molecule has 0 radical (unpaired) electrons. The fourth-order valence-corrected chi connectivity index (χ4v) is 3.56. The van der Waals surface area contributed by atoms with Crippen LogP contribution in [0.1, 0.15) is 22.6 Å². The second kappa shape index (κ2) is 10.2. The first kappa shape index (κ1) is 21.0. The van der Waals surface area contributed by atoms with Crippen LogP contribution in [-0.4, -0.2) is 24.6 Å². The monoisotopic (exact) mass is 421 g/mol. The molecule has 0 fully saturated rings. The molecule has 0 spiro atoms. The van der Waals surface area contributed by atoms with E-state index in [0.29, 0.717) is 0 Å². The molecule has 0 aliphatic carbocycles. The topological polar surface area (TPSA) is 70.6 Å². The molecule has 0 saturated heterocycles. The summed E-state index contributed by atoms with van der Waals surface area (Å²) in [6.45, 7) is -0.163. The van der Waals surface area contributed by atoms with Crippen molar-refractivity contribution in [3.05, 3.63) is 120 Å². The van der Waals surface area contributed by atoms with E-state index in [1.807, 2.05) is 103 Å². The first-order valence-corrected chi connectivity index (χ1v) is 10.4. The van der Waals surface area contributed by atoms with E-state index in [2.05, 4.69) is 15.8 Å². The fraction of sp³-hybridized carbons (Fsp3) is 0.0741. The number of hydrazone groups is 1. The van der Waals surface area contributed by atoms with Gasteiger partial charge in [-0.2, -0.15) is 5.10 Å². The number of amides is 2. The molecule has 5 heteroatoms. The van der Waals surface area contributed by atoms with E-state index in [1.165, 1.54) is 0 Å². The number of nitrogens with zero attached hydrogens (tertiary/aromatic N) is 1. The number of hydrogen-bond acceptors (Lipinski definition) is 3. The minimum atomic E-state index is -0.494. The summed E-state index contributed by atoms with van der Waals surface area (Å²) < 4.78 is 0. The number of nitrogens with one attached hydrogen (secondary N) is 2. The van der Waals surface area contributed by atoms with E-state index >= 15 is 0 Å². The molecule has 4 rings (SSSR count). The molecule has 0 bridgehead atoms. The summed E-state index contributed by atoms with van der Waals surface area (Å²) in [4.78, 5) is 25.1. The summed E-state index contributed by atoms with van der Waals surface area (Å²) in [5.41, 5.74) is 5.08. The Morgan fingerprint density at radius 2 is 1.34 bits per heavy atom. The van der Waals surface area contributed by atoms with E-state index < -0.39 is 11.8 Å². The van der Waals surface area contributed by atoms with Gasteiger partial charge in [-0.25, -0.2) is 5.43 Å². The number of benzene rings is 4. The normalized spacial score (nSPS) is 11.0. The lowest BCUT2D eigenvalue weighted by Crippen LogP contribution is -2.37. The standard InChI is InChI=1S/C27H23N3O2/c31-25(30-29-18-20-15-16-21-9-7-8-14-24(21)17-20)19-28-27(32)26(22-10-3-1-4-11-22)23-12-5-2-6-13-23/h1-18,26H,19H2,(H,28,32)(H,30,31)/b29-18-. The Labute approximate surface area is 186 Å². The number of fused-ring (bicyclic) bond motifs is 1. The summed E-state index contributed by atoms with van der Waals surface area (Å²) in [7, 11) is 0. The van der Waals surface area contributed by atoms with Crippen LogP contribution in [0.3, 0.4) is 0 Å². The van der Waals surface area contributed by atoms with Gasteiger partial charge in [-0.3, -0.25) is 9.59 Å². The molecular formula is C27H23N3O2. The van der Waals surface area contributed by atoms with Crippen LogP contribution in [0.25, 0.3) is 10.8 Å². The van der Waals surface area contributed by atoms with E-state index in [-0.39, 0.29) is 12.5 Å². The second-order valence-electron chi connectivity index (χ2n) is 7.37. The van der Waals surface area contributed by atoms with Gasteiger partial charge in [0.25, 0.3) is 5.91 Å². The molecule has 4 aromatic rings. The minimum absolute atomic E-state index is 0.163. The van der Waals surface area contributed by atoms with E-state index in [1.54, 1.807) is 6.21 Å². The summed E-state index contributed by atoms with van der Waals surface area (Å²) in [6.07, 6.45) is 1.59. The lowest BCUT2D eigenvalue weighted by atomic mass is 9.90.